The summed E-state index contributed by atoms with van der Waals surface area (Å²) in [7, 11) is 0. The highest BCUT2D eigenvalue weighted by Crippen LogP contribution is 2.41. The maximum Gasteiger partial charge on any atom is 0.0575 e. The van der Waals surface area contributed by atoms with Gasteiger partial charge in [-0.25, -0.2) is 0 Å². The van der Waals surface area contributed by atoms with E-state index in [1.54, 1.807) is 0 Å². The van der Waals surface area contributed by atoms with Crippen molar-refractivity contribution in [2.45, 2.75) is 161 Å². The maximum atomic E-state index is 6.37. The molecule has 0 bridgehead atoms. The minimum Gasteiger partial charge on any atom is -0.378 e. The molecule has 0 aliphatic heterocycles. The lowest BCUT2D eigenvalue weighted by atomic mass is 9.70. The summed E-state index contributed by atoms with van der Waals surface area (Å²) in [6.45, 7) is 5.69. The molecule has 0 heterocycles. The minimum absolute atomic E-state index is 0.589. The summed E-state index contributed by atoms with van der Waals surface area (Å²) in [4.78, 5) is 0. The van der Waals surface area contributed by atoms with Crippen LogP contribution in [0, 0.1) is 29.6 Å². The van der Waals surface area contributed by atoms with Crippen LogP contribution < -0.4 is 0 Å². The Balaban J connectivity index is 1.17. The van der Waals surface area contributed by atoms with E-state index in [9.17, 15) is 0 Å². The first-order chi connectivity index (χ1) is 15.8. The van der Waals surface area contributed by atoms with E-state index in [0.29, 0.717) is 6.10 Å². The zero-order valence-electron chi connectivity index (χ0n) is 22.1. The summed E-state index contributed by atoms with van der Waals surface area (Å²) in [5.74, 6) is 5.21. The molecule has 1 heteroatoms. The van der Waals surface area contributed by atoms with E-state index in [4.69, 9.17) is 4.74 Å². The molecule has 3 fully saturated rings. The van der Waals surface area contributed by atoms with Crippen molar-refractivity contribution < 1.29 is 4.74 Å². The first-order valence-corrected chi connectivity index (χ1v) is 15.4. The molecular formula is C31H58O. The fourth-order valence-corrected chi connectivity index (χ4v) is 7.47. The smallest absolute Gasteiger partial charge is 0.0575 e. The molecular weight excluding hydrogens is 388 g/mol. The zero-order chi connectivity index (χ0) is 22.4. The molecule has 0 aromatic carbocycles. The van der Waals surface area contributed by atoms with Gasteiger partial charge in [0.05, 0.1) is 6.10 Å². The molecule has 188 valence electrons. The summed E-state index contributed by atoms with van der Waals surface area (Å²) >= 11 is 0. The van der Waals surface area contributed by atoms with Gasteiger partial charge in [0.2, 0.25) is 0 Å². The second-order valence-electron chi connectivity index (χ2n) is 12.2. The van der Waals surface area contributed by atoms with Gasteiger partial charge in [-0.2, -0.15) is 0 Å². The van der Waals surface area contributed by atoms with Crippen molar-refractivity contribution in [3.63, 3.8) is 0 Å². The van der Waals surface area contributed by atoms with Crippen molar-refractivity contribution in [1.29, 1.82) is 0 Å². The van der Waals surface area contributed by atoms with Gasteiger partial charge >= 0.3 is 0 Å². The fraction of sp³-hybridized carbons (Fsp3) is 1.00. The number of hydrogen-bond acceptors (Lipinski definition) is 1. The first kappa shape index (κ1) is 26.6. The summed E-state index contributed by atoms with van der Waals surface area (Å²) in [6.07, 6.45) is 32.7. The molecule has 0 amide bonds. The Bertz CT molecular complexity index is 435. The van der Waals surface area contributed by atoms with Gasteiger partial charge < -0.3 is 4.74 Å². The van der Waals surface area contributed by atoms with Crippen LogP contribution in [0.2, 0.25) is 0 Å². The van der Waals surface area contributed by atoms with Crippen LogP contribution in [0.1, 0.15) is 155 Å². The van der Waals surface area contributed by atoms with Crippen molar-refractivity contribution in [2.24, 2.45) is 29.6 Å². The molecule has 0 saturated heterocycles. The summed E-state index contributed by atoms with van der Waals surface area (Å²) in [5.41, 5.74) is 0. The van der Waals surface area contributed by atoms with Crippen LogP contribution in [-0.4, -0.2) is 12.7 Å². The van der Waals surface area contributed by atoms with E-state index in [1.807, 2.05) is 0 Å². The Morgan fingerprint density at radius 1 is 0.469 bits per heavy atom. The zero-order valence-corrected chi connectivity index (χ0v) is 22.1. The molecule has 3 saturated carbocycles. The van der Waals surface area contributed by atoms with Crippen molar-refractivity contribution >= 4 is 0 Å². The van der Waals surface area contributed by atoms with Gasteiger partial charge in [0.1, 0.15) is 0 Å². The van der Waals surface area contributed by atoms with Gasteiger partial charge in [-0.05, 0) is 81.0 Å². The van der Waals surface area contributed by atoms with E-state index >= 15 is 0 Å². The van der Waals surface area contributed by atoms with Crippen LogP contribution in [0.5, 0.6) is 0 Å². The quantitative estimate of drug-likeness (QED) is 0.241. The lowest BCUT2D eigenvalue weighted by Gasteiger charge is -2.38. The summed E-state index contributed by atoms with van der Waals surface area (Å²) in [5, 5.41) is 0. The Labute approximate surface area is 202 Å². The fourth-order valence-electron chi connectivity index (χ4n) is 7.47. The summed E-state index contributed by atoms with van der Waals surface area (Å²) < 4.78 is 6.37. The van der Waals surface area contributed by atoms with Gasteiger partial charge in [-0.1, -0.05) is 104 Å². The number of hydrogen-bond donors (Lipinski definition) is 0. The molecule has 3 aliphatic carbocycles. The Morgan fingerprint density at radius 2 is 0.875 bits per heavy atom. The molecule has 0 radical (unpaired) electrons. The Morgan fingerprint density at radius 3 is 1.34 bits per heavy atom. The number of ether oxygens (including phenoxy) is 1. The van der Waals surface area contributed by atoms with Gasteiger partial charge in [0.25, 0.3) is 0 Å². The number of unbranched alkanes of at least 4 members (excludes halogenated alkanes) is 4. The minimum atomic E-state index is 0.589. The second-order valence-corrected chi connectivity index (χ2v) is 12.2. The van der Waals surface area contributed by atoms with Crippen molar-refractivity contribution in [2.75, 3.05) is 6.61 Å². The van der Waals surface area contributed by atoms with E-state index in [-0.39, 0.29) is 0 Å². The van der Waals surface area contributed by atoms with Crippen molar-refractivity contribution in [3.8, 4) is 0 Å². The van der Waals surface area contributed by atoms with Crippen LogP contribution >= 0.6 is 0 Å². The topological polar surface area (TPSA) is 9.23 Å². The molecule has 3 aliphatic rings. The normalized spacial score (nSPS) is 33.9. The first-order valence-electron chi connectivity index (χ1n) is 15.4. The molecule has 0 atom stereocenters. The van der Waals surface area contributed by atoms with Crippen molar-refractivity contribution in [3.05, 3.63) is 0 Å². The van der Waals surface area contributed by atoms with E-state index < -0.39 is 0 Å². The van der Waals surface area contributed by atoms with Crippen LogP contribution in [0.4, 0.5) is 0 Å². The van der Waals surface area contributed by atoms with E-state index in [2.05, 4.69) is 13.8 Å². The summed E-state index contributed by atoms with van der Waals surface area (Å²) in [6, 6.07) is 0. The highest BCUT2D eigenvalue weighted by atomic mass is 16.5. The third-order valence-electron chi connectivity index (χ3n) is 9.79. The molecule has 3 rings (SSSR count). The lowest BCUT2D eigenvalue weighted by molar-refractivity contribution is 0.00367. The van der Waals surface area contributed by atoms with Crippen LogP contribution in [0.25, 0.3) is 0 Å². The van der Waals surface area contributed by atoms with Crippen molar-refractivity contribution in [1.82, 2.24) is 0 Å². The average Bonchev–Trinajstić information content (AvgIpc) is 2.84. The molecule has 32 heavy (non-hydrogen) atoms. The predicted octanol–water partition coefficient (Wildman–Crippen LogP) is 10.1. The third kappa shape index (κ3) is 9.68. The standard InChI is InChI=1S/C31H58O/c1-3-5-7-10-26-13-15-28(16-14-26)12-9-25-32-31-23-21-30(22-24-31)29-19-17-27(18-20-29)11-8-6-4-2/h26-31H,3-25H2,1-2H3. The molecule has 0 spiro atoms. The van der Waals surface area contributed by atoms with Crippen LogP contribution in [-0.2, 0) is 4.74 Å². The van der Waals surface area contributed by atoms with Crippen LogP contribution in [0.15, 0.2) is 0 Å². The SMILES string of the molecule is CCCCCC1CCC(CCCOC2CCC(C3CCC(CCCCC)CC3)CC2)CC1. The third-order valence-corrected chi connectivity index (χ3v) is 9.79. The maximum absolute atomic E-state index is 6.37. The second kappa shape index (κ2) is 15.8. The molecule has 0 N–H and O–H groups in total. The van der Waals surface area contributed by atoms with Gasteiger partial charge in [-0.15, -0.1) is 0 Å². The lowest BCUT2D eigenvalue weighted by Crippen LogP contribution is -2.28. The molecule has 0 unspecified atom stereocenters. The highest BCUT2D eigenvalue weighted by Gasteiger charge is 2.31. The van der Waals surface area contributed by atoms with E-state index in [1.165, 1.54) is 141 Å². The Hall–Kier alpha value is -0.0400. The molecule has 0 aromatic heterocycles. The highest BCUT2D eigenvalue weighted by molar-refractivity contribution is 4.82. The number of rotatable bonds is 14. The Kier molecular flexibility index (Phi) is 13.1. The van der Waals surface area contributed by atoms with Crippen LogP contribution in [0.3, 0.4) is 0 Å². The average molecular weight is 447 g/mol. The van der Waals surface area contributed by atoms with Gasteiger partial charge in [-0.3, -0.25) is 0 Å². The van der Waals surface area contributed by atoms with Gasteiger partial charge in [0.15, 0.2) is 0 Å². The van der Waals surface area contributed by atoms with E-state index in [0.717, 1.165) is 36.2 Å². The predicted molar refractivity (Wildman–Crippen MR) is 140 cm³/mol. The molecule has 0 aromatic rings. The van der Waals surface area contributed by atoms with Gasteiger partial charge in [0, 0.05) is 6.61 Å². The largest absolute Gasteiger partial charge is 0.378 e. The monoisotopic (exact) mass is 446 g/mol. The molecule has 1 nitrogen and oxygen atoms in total.